The Labute approximate surface area is 76.5 Å². The fourth-order valence-electron chi connectivity index (χ4n) is 0.831. The molecule has 0 saturated carbocycles. The number of sulfone groups is 1. The second-order valence-electron chi connectivity index (χ2n) is 2.71. The molecule has 0 saturated heterocycles. The van der Waals surface area contributed by atoms with Crippen molar-refractivity contribution in [2.75, 3.05) is 6.26 Å². The van der Waals surface area contributed by atoms with Crippen molar-refractivity contribution >= 4 is 15.6 Å². The van der Waals surface area contributed by atoms with Crippen molar-refractivity contribution in [2.45, 2.75) is 11.9 Å². The van der Waals surface area contributed by atoms with E-state index in [1.54, 1.807) is 0 Å². The SMILES string of the molecule is CC(=O)c1ccnc(S(C)(=O)=O)c1. The molecule has 0 aliphatic heterocycles. The highest BCUT2D eigenvalue weighted by Crippen LogP contribution is 2.07. The smallest absolute Gasteiger partial charge is 0.192 e. The van der Waals surface area contributed by atoms with Crippen LogP contribution in [0.25, 0.3) is 0 Å². The van der Waals surface area contributed by atoms with Gasteiger partial charge in [-0.25, -0.2) is 13.4 Å². The molecule has 1 heterocycles. The molecule has 0 unspecified atom stereocenters. The number of Topliss-reactive ketones (excluding diaryl/α,β-unsaturated/α-hetero) is 1. The maximum Gasteiger partial charge on any atom is 0.192 e. The van der Waals surface area contributed by atoms with E-state index in [1.165, 1.54) is 25.3 Å². The molecule has 0 amide bonds. The Morgan fingerprint density at radius 1 is 1.46 bits per heavy atom. The van der Waals surface area contributed by atoms with Gasteiger partial charge in [0.05, 0.1) is 0 Å². The maximum atomic E-state index is 11.0. The number of rotatable bonds is 2. The molecule has 0 radical (unpaired) electrons. The van der Waals surface area contributed by atoms with Gasteiger partial charge in [0.15, 0.2) is 20.6 Å². The van der Waals surface area contributed by atoms with Crippen molar-refractivity contribution < 1.29 is 13.2 Å². The Hall–Kier alpha value is -1.23. The van der Waals surface area contributed by atoms with E-state index in [0.29, 0.717) is 5.56 Å². The lowest BCUT2D eigenvalue weighted by Crippen LogP contribution is -2.02. The van der Waals surface area contributed by atoms with Crippen molar-refractivity contribution in [1.29, 1.82) is 0 Å². The van der Waals surface area contributed by atoms with Gasteiger partial charge in [-0.05, 0) is 19.1 Å². The predicted molar refractivity (Wildman–Crippen MR) is 47.4 cm³/mol. The van der Waals surface area contributed by atoms with E-state index in [2.05, 4.69) is 4.98 Å². The van der Waals surface area contributed by atoms with Crippen molar-refractivity contribution in [2.24, 2.45) is 0 Å². The van der Waals surface area contributed by atoms with E-state index in [0.717, 1.165) is 6.26 Å². The zero-order valence-electron chi connectivity index (χ0n) is 7.31. The van der Waals surface area contributed by atoms with E-state index in [4.69, 9.17) is 0 Å². The van der Waals surface area contributed by atoms with Crippen LogP contribution < -0.4 is 0 Å². The Morgan fingerprint density at radius 3 is 2.54 bits per heavy atom. The van der Waals surface area contributed by atoms with Gasteiger partial charge < -0.3 is 0 Å². The molecule has 0 atom stereocenters. The fraction of sp³-hybridized carbons (Fsp3) is 0.250. The average Bonchev–Trinajstić information content (AvgIpc) is 2.03. The van der Waals surface area contributed by atoms with Crippen molar-refractivity contribution in [3.63, 3.8) is 0 Å². The van der Waals surface area contributed by atoms with Crippen molar-refractivity contribution in [3.8, 4) is 0 Å². The van der Waals surface area contributed by atoms with Gasteiger partial charge in [0.2, 0.25) is 0 Å². The summed E-state index contributed by atoms with van der Waals surface area (Å²) >= 11 is 0. The minimum absolute atomic E-state index is 0.0693. The van der Waals surface area contributed by atoms with Gasteiger partial charge in [-0.2, -0.15) is 0 Å². The number of nitrogens with zero attached hydrogens (tertiary/aromatic N) is 1. The molecule has 13 heavy (non-hydrogen) atoms. The van der Waals surface area contributed by atoms with Crippen LogP contribution in [-0.4, -0.2) is 25.4 Å². The first-order chi connectivity index (χ1) is 5.91. The normalized spacial score (nSPS) is 11.2. The zero-order chi connectivity index (χ0) is 10.1. The highest BCUT2D eigenvalue weighted by Gasteiger charge is 2.10. The molecule has 70 valence electrons. The van der Waals surface area contributed by atoms with Gasteiger partial charge in [-0.15, -0.1) is 0 Å². The molecule has 0 N–H and O–H groups in total. The molecule has 0 bridgehead atoms. The number of hydrogen-bond donors (Lipinski definition) is 0. The van der Waals surface area contributed by atoms with Gasteiger partial charge in [-0.3, -0.25) is 4.79 Å². The first-order valence-corrected chi connectivity index (χ1v) is 5.47. The van der Waals surface area contributed by atoms with E-state index >= 15 is 0 Å². The second kappa shape index (κ2) is 3.26. The summed E-state index contributed by atoms with van der Waals surface area (Å²) in [6, 6.07) is 2.76. The van der Waals surface area contributed by atoms with E-state index in [-0.39, 0.29) is 10.8 Å². The predicted octanol–water partition coefficient (Wildman–Crippen LogP) is 0.688. The monoisotopic (exact) mass is 199 g/mol. The van der Waals surface area contributed by atoms with E-state index in [9.17, 15) is 13.2 Å². The lowest BCUT2D eigenvalue weighted by atomic mass is 10.2. The minimum atomic E-state index is -3.32. The van der Waals surface area contributed by atoms with Crippen LogP contribution in [0.2, 0.25) is 0 Å². The molecule has 1 aromatic heterocycles. The van der Waals surface area contributed by atoms with Crippen LogP contribution >= 0.6 is 0 Å². The van der Waals surface area contributed by atoms with Gasteiger partial charge in [-0.1, -0.05) is 0 Å². The summed E-state index contributed by atoms with van der Waals surface area (Å²) in [6.45, 7) is 1.38. The molecule has 0 aliphatic rings. The van der Waals surface area contributed by atoms with Gasteiger partial charge in [0.25, 0.3) is 0 Å². The number of ketones is 1. The van der Waals surface area contributed by atoms with Crippen molar-refractivity contribution in [1.82, 2.24) is 4.98 Å². The highest BCUT2D eigenvalue weighted by molar-refractivity contribution is 7.90. The molecule has 1 aromatic rings. The molecule has 0 aromatic carbocycles. The third kappa shape index (κ3) is 2.35. The standard InChI is InChI=1S/C8H9NO3S/c1-6(10)7-3-4-9-8(5-7)13(2,11)12/h3-5H,1-2H3. The van der Waals surface area contributed by atoms with Crippen LogP contribution in [-0.2, 0) is 9.84 Å². The first kappa shape index (κ1) is 9.85. The Kier molecular flexibility index (Phi) is 2.47. The number of carbonyl (C=O) groups excluding carboxylic acids is 1. The molecule has 0 fully saturated rings. The van der Waals surface area contributed by atoms with Crippen LogP contribution in [0.15, 0.2) is 23.4 Å². The molecule has 1 rings (SSSR count). The summed E-state index contributed by atoms with van der Waals surface area (Å²) in [7, 11) is -3.32. The molecular weight excluding hydrogens is 190 g/mol. The molecule has 5 heteroatoms. The third-order valence-electron chi connectivity index (χ3n) is 1.52. The molecule has 4 nitrogen and oxygen atoms in total. The summed E-state index contributed by atoms with van der Waals surface area (Å²) in [5.74, 6) is -0.174. The highest BCUT2D eigenvalue weighted by atomic mass is 32.2. The third-order valence-corrected chi connectivity index (χ3v) is 2.50. The van der Waals surface area contributed by atoms with E-state index in [1.807, 2.05) is 0 Å². The number of aromatic nitrogens is 1. The Morgan fingerprint density at radius 2 is 2.08 bits per heavy atom. The molecular formula is C8H9NO3S. The van der Waals surface area contributed by atoms with Crippen LogP contribution in [0.3, 0.4) is 0 Å². The van der Waals surface area contributed by atoms with Crippen molar-refractivity contribution in [3.05, 3.63) is 23.9 Å². The second-order valence-corrected chi connectivity index (χ2v) is 4.67. The van der Waals surface area contributed by atoms with Gasteiger partial charge in [0.1, 0.15) is 0 Å². The fourth-order valence-corrected chi connectivity index (χ4v) is 1.42. The zero-order valence-corrected chi connectivity index (χ0v) is 8.13. The average molecular weight is 199 g/mol. The summed E-state index contributed by atoms with van der Waals surface area (Å²) in [5.41, 5.74) is 0.357. The molecule has 0 spiro atoms. The lowest BCUT2D eigenvalue weighted by Gasteiger charge is -1.98. The van der Waals surface area contributed by atoms with Gasteiger partial charge >= 0.3 is 0 Å². The first-order valence-electron chi connectivity index (χ1n) is 3.58. The topological polar surface area (TPSA) is 64.1 Å². The van der Waals surface area contributed by atoms with Crippen LogP contribution in [0.1, 0.15) is 17.3 Å². The molecule has 0 aliphatic carbocycles. The number of pyridine rings is 1. The van der Waals surface area contributed by atoms with Crippen LogP contribution in [0, 0.1) is 0 Å². The number of hydrogen-bond acceptors (Lipinski definition) is 4. The largest absolute Gasteiger partial charge is 0.295 e. The lowest BCUT2D eigenvalue weighted by molar-refractivity contribution is 0.101. The summed E-state index contributed by atoms with van der Waals surface area (Å²) in [5, 5.41) is -0.0693. The van der Waals surface area contributed by atoms with E-state index < -0.39 is 9.84 Å². The van der Waals surface area contributed by atoms with Crippen LogP contribution in [0.4, 0.5) is 0 Å². The number of carbonyl (C=O) groups is 1. The quantitative estimate of drug-likeness (QED) is 0.657. The maximum absolute atomic E-state index is 11.0. The van der Waals surface area contributed by atoms with Gasteiger partial charge in [0, 0.05) is 18.0 Å². The summed E-state index contributed by atoms with van der Waals surface area (Å²) in [4.78, 5) is 14.6. The summed E-state index contributed by atoms with van der Waals surface area (Å²) < 4.78 is 22.1. The van der Waals surface area contributed by atoms with Crippen LogP contribution in [0.5, 0.6) is 0 Å². The minimum Gasteiger partial charge on any atom is -0.295 e. The summed E-state index contributed by atoms with van der Waals surface area (Å²) in [6.07, 6.45) is 2.37. The Balaban J connectivity index is 3.29. The Bertz CT molecular complexity index is 436.